The lowest BCUT2D eigenvalue weighted by molar-refractivity contribution is 0.0937. The predicted molar refractivity (Wildman–Crippen MR) is 76.7 cm³/mol. The summed E-state index contributed by atoms with van der Waals surface area (Å²) >= 11 is 0. The van der Waals surface area contributed by atoms with Crippen molar-refractivity contribution in [1.29, 1.82) is 0 Å². The molecule has 1 aromatic carbocycles. The number of terminal acetylenes is 1. The molecule has 0 aliphatic heterocycles. The average Bonchev–Trinajstić information content (AvgIpc) is 2.46. The van der Waals surface area contributed by atoms with Crippen molar-refractivity contribution in [3.8, 4) is 12.3 Å². The third kappa shape index (κ3) is 3.11. The number of rotatable bonds is 4. The van der Waals surface area contributed by atoms with E-state index in [-0.39, 0.29) is 11.9 Å². The fraction of sp³-hybridized carbons (Fsp3) is 0.250. The van der Waals surface area contributed by atoms with Crippen LogP contribution in [-0.2, 0) is 0 Å². The Kier molecular flexibility index (Phi) is 4.15. The zero-order valence-electron chi connectivity index (χ0n) is 10.9. The molecule has 2 rings (SSSR count). The first-order chi connectivity index (χ1) is 9.24. The molecule has 2 aromatic rings. The monoisotopic (exact) mass is 252 g/mol. The summed E-state index contributed by atoms with van der Waals surface area (Å²) in [6.07, 6.45) is 8.40. The Morgan fingerprint density at radius 3 is 3.05 bits per heavy atom. The van der Waals surface area contributed by atoms with E-state index in [0.717, 1.165) is 17.3 Å². The van der Waals surface area contributed by atoms with Crippen LogP contribution < -0.4 is 5.32 Å². The standard InChI is InChI=1S/C16H16N2O/c1-3-6-14(4-2)18-16(19)13-8-9-15-12(11-13)7-5-10-17-15/h1,5,7-11,14H,4,6H2,2H3,(H,18,19). The molecule has 1 aromatic heterocycles. The van der Waals surface area contributed by atoms with E-state index >= 15 is 0 Å². The maximum atomic E-state index is 12.1. The fourth-order valence-electron chi connectivity index (χ4n) is 1.93. The van der Waals surface area contributed by atoms with Crippen LogP contribution in [0, 0.1) is 12.3 Å². The summed E-state index contributed by atoms with van der Waals surface area (Å²) in [5.41, 5.74) is 1.52. The summed E-state index contributed by atoms with van der Waals surface area (Å²) < 4.78 is 0. The molecular formula is C16H16N2O. The molecule has 19 heavy (non-hydrogen) atoms. The summed E-state index contributed by atoms with van der Waals surface area (Å²) in [6.45, 7) is 2.01. The number of hydrogen-bond donors (Lipinski definition) is 1. The molecular weight excluding hydrogens is 236 g/mol. The van der Waals surface area contributed by atoms with Crippen molar-refractivity contribution < 1.29 is 4.79 Å². The van der Waals surface area contributed by atoms with Gasteiger partial charge in [-0.05, 0) is 30.7 Å². The maximum Gasteiger partial charge on any atom is 0.251 e. The molecule has 3 heteroatoms. The molecule has 1 unspecified atom stereocenters. The fourth-order valence-corrected chi connectivity index (χ4v) is 1.93. The number of benzene rings is 1. The van der Waals surface area contributed by atoms with Crippen LogP contribution in [0.4, 0.5) is 0 Å². The van der Waals surface area contributed by atoms with E-state index in [1.807, 2.05) is 31.2 Å². The zero-order chi connectivity index (χ0) is 13.7. The number of hydrogen-bond acceptors (Lipinski definition) is 2. The number of nitrogens with one attached hydrogen (secondary N) is 1. The molecule has 1 heterocycles. The summed E-state index contributed by atoms with van der Waals surface area (Å²) in [6, 6.07) is 9.32. The average molecular weight is 252 g/mol. The topological polar surface area (TPSA) is 42.0 Å². The van der Waals surface area contributed by atoms with Gasteiger partial charge < -0.3 is 5.32 Å². The van der Waals surface area contributed by atoms with Crippen LogP contribution in [0.3, 0.4) is 0 Å². The van der Waals surface area contributed by atoms with Gasteiger partial charge in [0.1, 0.15) is 0 Å². The van der Waals surface area contributed by atoms with Gasteiger partial charge in [0.15, 0.2) is 0 Å². The van der Waals surface area contributed by atoms with Crippen LogP contribution in [-0.4, -0.2) is 16.9 Å². The number of carbonyl (C=O) groups excluding carboxylic acids is 1. The van der Waals surface area contributed by atoms with Crippen LogP contribution in [0.15, 0.2) is 36.5 Å². The highest BCUT2D eigenvalue weighted by Crippen LogP contribution is 2.13. The van der Waals surface area contributed by atoms with E-state index in [0.29, 0.717) is 12.0 Å². The highest BCUT2D eigenvalue weighted by molar-refractivity contribution is 5.98. The highest BCUT2D eigenvalue weighted by atomic mass is 16.1. The lowest BCUT2D eigenvalue weighted by Crippen LogP contribution is -2.34. The highest BCUT2D eigenvalue weighted by Gasteiger charge is 2.11. The lowest BCUT2D eigenvalue weighted by Gasteiger charge is -2.14. The molecule has 1 atom stereocenters. The number of fused-ring (bicyclic) bond motifs is 1. The second-order valence-electron chi connectivity index (χ2n) is 4.40. The number of amides is 1. The Morgan fingerprint density at radius 1 is 1.47 bits per heavy atom. The van der Waals surface area contributed by atoms with E-state index in [1.54, 1.807) is 12.3 Å². The molecule has 0 spiro atoms. The SMILES string of the molecule is C#CCC(CC)NC(=O)c1ccc2ncccc2c1. The largest absolute Gasteiger partial charge is 0.348 e. The first-order valence-electron chi connectivity index (χ1n) is 6.33. The molecule has 0 fully saturated rings. The van der Waals surface area contributed by atoms with Crippen LogP contribution in [0.5, 0.6) is 0 Å². The van der Waals surface area contributed by atoms with Gasteiger partial charge >= 0.3 is 0 Å². The van der Waals surface area contributed by atoms with Gasteiger partial charge in [-0.3, -0.25) is 9.78 Å². The minimum absolute atomic E-state index is 0.0297. The zero-order valence-corrected chi connectivity index (χ0v) is 10.9. The summed E-state index contributed by atoms with van der Waals surface area (Å²) in [4.78, 5) is 16.4. The summed E-state index contributed by atoms with van der Waals surface area (Å²) in [7, 11) is 0. The Labute approximate surface area is 113 Å². The Hall–Kier alpha value is -2.34. The molecule has 0 saturated carbocycles. The molecule has 0 bridgehead atoms. The number of aromatic nitrogens is 1. The second-order valence-corrected chi connectivity index (χ2v) is 4.40. The van der Waals surface area contributed by atoms with Gasteiger partial charge in [0.25, 0.3) is 5.91 Å². The molecule has 0 aliphatic carbocycles. The first-order valence-corrected chi connectivity index (χ1v) is 6.33. The molecule has 1 N–H and O–H groups in total. The molecule has 0 radical (unpaired) electrons. The van der Waals surface area contributed by atoms with Gasteiger partial charge in [-0.15, -0.1) is 12.3 Å². The van der Waals surface area contributed by atoms with E-state index < -0.39 is 0 Å². The van der Waals surface area contributed by atoms with Gasteiger partial charge in [0, 0.05) is 29.6 Å². The van der Waals surface area contributed by atoms with E-state index in [4.69, 9.17) is 6.42 Å². The third-order valence-electron chi connectivity index (χ3n) is 3.06. The van der Waals surface area contributed by atoms with E-state index in [1.165, 1.54) is 0 Å². The van der Waals surface area contributed by atoms with Crippen molar-refractivity contribution in [2.75, 3.05) is 0 Å². The normalized spacial score (nSPS) is 11.8. The van der Waals surface area contributed by atoms with Crippen molar-refractivity contribution >= 4 is 16.8 Å². The second kappa shape index (κ2) is 6.01. The molecule has 3 nitrogen and oxygen atoms in total. The van der Waals surface area contributed by atoms with Gasteiger partial charge in [-0.1, -0.05) is 13.0 Å². The molecule has 0 saturated heterocycles. The summed E-state index contributed by atoms with van der Waals surface area (Å²) in [5, 5.41) is 3.91. The lowest BCUT2D eigenvalue weighted by atomic mass is 10.1. The number of carbonyl (C=O) groups is 1. The van der Waals surface area contributed by atoms with Crippen LogP contribution in [0.2, 0.25) is 0 Å². The van der Waals surface area contributed by atoms with Crippen molar-refractivity contribution in [1.82, 2.24) is 10.3 Å². The van der Waals surface area contributed by atoms with Crippen molar-refractivity contribution in [2.45, 2.75) is 25.8 Å². The Balaban J connectivity index is 2.19. The van der Waals surface area contributed by atoms with Crippen molar-refractivity contribution in [3.63, 3.8) is 0 Å². The first kappa shape index (κ1) is 13.1. The minimum Gasteiger partial charge on any atom is -0.348 e. The van der Waals surface area contributed by atoms with Crippen molar-refractivity contribution in [3.05, 3.63) is 42.1 Å². The van der Waals surface area contributed by atoms with Crippen LogP contribution in [0.25, 0.3) is 10.9 Å². The maximum absolute atomic E-state index is 12.1. The quantitative estimate of drug-likeness (QED) is 0.850. The minimum atomic E-state index is -0.0900. The molecule has 96 valence electrons. The van der Waals surface area contributed by atoms with Gasteiger partial charge in [-0.25, -0.2) is 0 Å². The molecule has 0 aliphatic rings. The third-order valence-corrected chi connectivity index (χ3v) is 3.06. The Morgan fingerprint density at radius 2 is 2.32 bits per heavy atom. The predicted octanol–water partition coefficient (Wildman–Crippen LogP) is 2.77. The van der Waals surface area contributed by atoms with Crippen LogP contribution in [0.1, 0.15) is 30.1 Å². The van der Waals surface area contributed by atoms with E-state index in [9.17, 15) is 4.79 Å². The van der Waals surface area contributed by atoms with Crippen LogP contribution >= 0.6 is 0 Å². The van der Waals surface area contributed by atoms with Crippen molar-refractivity contribution in [2.24, 2.45) is 0 Å². The van der Waals surface area contributed by atoms with Gasteiger partial charge in [0.2, 0.25) is 0 Å². The Bertz CT molecular complexity index is 628. The summed E-state index contributed by atoms with van der Waals surface area (Å²) in [5.74, 6) is 2.49. The van der Waals surface area contributed by atoms with Gasteiger partial charge in [-0.2, -0.15) is 0 Å². The number of pyridine rings is 1. The van der Waals surface area contributed by atoms with E-state index in [2.05, 4.69) is 16.2 Å². The smallest absolute Gasteiger partial charge is 0.251 e. The number of nitrogens with zero attached hydrogens (tertiary/aromatic N) is 1. The van der Waals surface area contributed by atoms with Gasteiger partial charge in [0.05, 0.1) is 5.52 Å². The molecule has 1 amide bonds.